The van der Waals surface area contributed by atoms with Crippen LogP contribution >= 0.6 is 0 Å². The molecule has 2 N–H and O–H groups in total. The van der Waals surface area contributed by atoms with Crippen molar-refractivity contribution in [1.82, 2.24) is 5.32 Å². The molecule has 0 aliphatic rings. The highest BCUT2D eigenvalue weighted by atomic mass is 32.9. The molecule has 0 bridgehead atoms. The van der Waals surface area contributed by atoms with Gasteiger partial charge in [0, 0.05) is 17.7 Å². The van der Waals surface area contributed by atoms with Gasteiger partial charge in [-0.3, -0.25) is 8.74 Å². The topological polar surface area (TPSA) is 58.6 Å². The summed E-state index contributed by atoms with van der Waals surface area (Å²) in [6, 6.07) is 0. The van der Waals surface area contributed by atoms with Crippen LogP contribution in [0.5, 0.6) is 0 Å². The van der Waals surface area contributed by atoms with E-state index in [1.165, 1.54) is 19.3 Å². The van der Waals surface area contributed by atoms with E-state index in [4.69, 9.17) is 4.55 Å². The summed E-state index contributed by atoms with van der Waals surface area (Å²) in [5.74, 6) is 0.682. The minimum atomic E-state index is -3.45. The van der Waals surface area contributed by atoms with E-state index in [-0.39, 0.29) is 6.61 Å². The molecule has 6 heteroatoms. The molecule has 0 amide bonds. The summed E-state index contributed by atoms with van der Waals surface area (Å²) in [6.07, 6.45) is 4.87. The van der Waals surface area contributed by atoms with Gasteiger partial charge in [0.15, 0.2) is 0 Å². The Kier molecular flexibility index (Phi) is 9.44. The summed E-state index contributed by atoms with van der Waals surface area (Å²) in [7, 11) is -3.45. The van der Waals surface area contributed by atoms with E-state index in [1.54, 1.807) is 0 Å². The molecular formula is C10H23NO3S2. The minimum absolute atomic E-state index is 0.184. The van der Waals surface area contributed by atoms with Crippen molar-refractivity contribution in [3.8, 4) is 0 Å². The highest BCUT2D eigenvalue weighted by Gasteiger charge is 2.05. The molecule has 0 aromatic carbocycles. The first-order valence-corrected chi connectivity index (χ1v) is 8.18. The van der Waals surface area contributed by atoms with Gasteiger partial charge in [-0.2, -0.15) is 4.21 Å². The van der Waals surface area contributed by atoms with Crippen molar-refractivity contribution in [2.45, 2.75) is 39.5 Å². The molecule has 0 rings (SSSR count). The maximum atomic E-state index is 10.6. The van der Waals surface area contributed by atoms with Crippen molar-refractivity contribution >= 4 is 20.2 Å². The second-order valence-electron chi connectivity index (χ2n) is 3.87. The lowest BCUT2D eigenvalue weighted by Crippen LogP contribution is -2.26. The van der Waals surface area contributed by atoms with Crippen molar-refractivity contribution in [1.29, 1.82) is 0 Å². The van der Waals surface area contributed by atoms with Crippen LogP contribution in [0.2, 0.25) is 0 Å². The number of unbranched alkanes of at least 4 members (excludes halogenated alkanes) is 1. The maximum Gasteiger partial charge on any atom is 0.266 e. The summed E-state index contributed by atoms with van der Waals surface area (Å²) in [6.45, 7) is 6.06. The quantitative estimate of drug-likeness (QED) is 0.594. The molecule has 0 aromatic rings. The fourth-order valence-electron chi connectivity index (χ4n) is 1.47. The zero-order chi connectivity index (χ0) is 12.4. The average Bonchev–Trinajstić information content (AvgIpc) is 2.20. The highest BCUT2D eigenvalue weighted by molar-refractivity contribution is 8.27. The normalized spacial score (nSPS) is 16.9. The fraction of sp³-hybridized carbons (Fsp3) is 1.00. The van der Waals surface area contributed by atoms with Crippen molar-refractivity contribution in [2.75, 3.05) is 19.7 Å². The molecule has 0 saturated heterocycles. The van der Waals surface area contributed by atoms with Crippen LogP contribution in [0.4, 0.5) is 0 Å². The van der Waals surface area contributed by atoms with Crippen LogP contribution in [-0.4, -0.2) is 28.5 Å². The monoisotopic (exact) mass is 269 g/mol. The van der Waals surface area contributed by atoms with Crippen LogP contribution in [-0.2, 0) is 24.4 Å². The molecule has 0 aliphatic heterocycles. The van der Waals surface area contributed by atoms with Gasteiger partial charge in [0.2, 0.25) is 0 Å². The lowest BCUT2D eigenvalue weighted by atomic mass is 9.99. The summed E-state index contributed by atoms with van der Waals surface area (Å²) in [5, 5.41) is 3.21. The maximum absolute atomic E-state index is 10.6. The number of rotatable bonds is 10. The largest absolute Gasteiger partial charge is 0.314 e. The van der Waals surface area contributed by atoms with E-state index in [9.17, 15) is 4.21 Å². The van der Waals surface area contributed by atoms with Crippen LogP contribution < -0.4 is 5.32 Å². The first kappa shape index (κ1) is 16.2. The van der Waals surface area contributed by atoms with E-state index < -0.39 is 9.05 Å². The Morgan fingerprint density at radius 3 is 2.69 bits per heavy atom. The smallest absolute Gasteiger partial charge is 0.266 e. The molecule has 0 aromatic heterocycles. The average molecular weight is 269 g/mol. The van der Waals surface area contributed by atoms with Gasteiger partial charge in [-0.1, -0.05) is 33.1 Å². The molecule has 2 atom stereocenters. The van der Waals surface area contributed by atoms with Crippen LogP contribution in [0.15, 0.2) is 0 Å². The van der Waals surface area contributed by atoms with E-state index in [0.29, 0.717) is 12.5 Å². The van der Waals surface area contributed by atoms with Gasteiger partial charge in [0.05, 0.1) is 6.61 Å². The van der Waals surface area contributed by atoms with Gasteiger partial charge in [0.25, 0.3) is 9.05 Å². The first-order chi connectivity index (χ1) is 7.49. The minimum Gasteiger partial charge on any atom is -0.314 e. The van der Waals surface area contributed by atoms with Crippen molar-refractivity contribution in [3.63, 3.8) is 0 Å². The van der Waals surface area contributed by atoms with Gasteiger partial charge in [-0.05, 0) is 18.9 Å². The Hall–Kier alpha value is 0.250. The van der Waals surface area contributed by atoms with Crippen LogP contribution in [0.25, 0.3) is 0 Å². The second kappa shape index (κ2) is 9.30. The highest BCUT2D eigenvalue weighted by Crippen LogP contribution is 2.10. The standard InChI is InChI=1S/C10H23NO3S2/c1-3-5-6-10(4-2)9-11-7-8-14-16(12,13)15/h10-11H,3-9H2,1-2H3,(H,12,13,15)/t10-/m0/s1. The third kappa shape index (κ3) is 10.8. The zero-order valence-corrected chi connectivity index (χ0v) is 11.7. The molecule has 0 heterocycles. The lowest BCUT2D eigenvalue weighted by Gasteiger charge is -2.15. The Morgan fingerprint density at radius 2 is 2.19 bits per heavy atom. The second-order valence-corrected chi connectivity index (χ2v) is 6.23. The molecule has 0 saturated carbocycles. The van der Waals surface area contributed by atoms with Gasteiger partial charge < -0.3 is 5.32 Å². The third-order valence-corrected chi connectivity index (χ3v) is 3.24. The summed E-state index contributed by atoms with van der Waals surface area (Å²) >= 11 is 4.20. The Bertz CT molecular complexity index is 255. The Labute approximate surface area is 104 Å². The molecule has 16 heavy (non-hydrogen) atoms. The van der Waals surface area contributed by atoms with Gasteiger partial charge in [-0.25, -0.2) is 0 Å². The Morgan fingerprint density at radius 1 is 1.50 bits per heavy atom. The molecule has 0 spiro atoms. The van der Waals surface area contributed by atoms with Crippen LogP contribution in [0.1, 0.15) is 39.5 Å². The molecule has 0 radical (unpaired) electrons. The molecule has 4 nitrogen and oxygen atoms in total. The van der Waals surface area contributed by atoms with E-state index >= 15 is 0 Å². The molecule has 98 valence electrons. The van der Waals surface area contributed by atoms with Crippen molar-refractivity contribution < 1.29 is 12.9 Å². The molecule has 1 unspecified atom stereocenters. The predicted octanol–water partition coefficient (Wildman–Crippen LogP) is 1.94. The molecule has 0 aliphatic carbocycles. The van der Waals surface area contributed by atoms with E-state index in [0.717, 1.165) is 13.0 Å². The van der Waals surface area contributed by atoms with E-state index in [2.05, 4.69) is 34.5 Å². The van der Waals surface area contributed by atoms with E-state index in [1.807, 2.05) is 0 Å². The molecular weight excluding hydrogens is 246 g/mol. The Balaban J connectivity index is 3.48. The van der Waals surface area contributed by atoms with Crippen molar-refractivity contribution in [2.24, 2.45) is 5.92 Å². The lowest BCUT2D eigenvalue weighted by molar-refractivity contribution is 0.295. The SMILES string of the molecule is CCCC[C@H](CC)CNCCOS(=O)(O)=S. The van der Waals surface area contributed by atoms with Crippen molar-refractivity contribution in [3.05, 3.63) is 0 Å². The van der Waals surface area contributed by atoms with Crippen LogP contribution in [0, 0.1) is 5.92 Å². The van der Waals surface area contributed by atoms with Gasteiger partial charge in [-0.15, -0.1) is 0 Å². The number of hydrogen-bond acceptors (Lipinski definition) is 4. The summed E-state index contributed by atoms with van der Waals surface area (Å²) < 4.78 is 23.8. The van der Waals surface area contributed by atoms with Crippen LogP contribution in [0.3, 0.4) is 0 Å². The number of nitrogens with one attached hydrogen (secondary N) is 1. The zero-order valence-electron chi connectivity index (χ0n) is 10.1. The van der Waals surface area contributed by atoms with Gasteiger partial charge >= 0.3 is 0 Å². The number of hydrogen-bond donors (Lipinski definition) is 2. The van der Waals surface area contributed by atoms with Gasteiger partial charge in [0.1, 0.15) is 0 Å². The summed E-state index contributed by atoms with van der Waals surface area (Å²) in [5.41, 5.74) is 0. The predicted molar refractivity (Wildman–Crippen MR) is 70.3 cm³/mol. The third-order valence-electron chi connectivity index (χ3n) is 2.49. The fourth-order valence-corrected chi connectivity index (χ4v) is 1.97. The first-order valence-electron chi connectivity index (χ1n) is 5.82. The summed E-state index contributed by atoms with van der Waals surface area (Å²) in [4.78, 5) is 0. The molecule has 0 fully saturated rings.